The highest BCUT2D eigenvalue weighted by molar-refractivity contribution is 14.0. The van der Waals surface area contributed by atoms with Crippen LogP contribution in [0, 0.1) is 0 Å². The number of nitrogens with one attached hydrogen (secondary N) is 1. The molecule has 2 fully saturated rings. The molecule has 1 aromatic rings. The third kappa shape index (κ3) is 5.17. The zero-order chi connectivity index (χ0) is 18.5. The lowest BCUT2D eigenvalue weighted by atomic mass is 9.96. The number of hydrogen-bond acceptors (Lipinski definition) is 6. The molecule has 0 radical (unpaired) electrons. The number of benzene rings is 1. The van der Waals surface area contributed by atoms with Crippen molar-refractivity contribution >= 4 is 47.4 Å². The van der Waals surface area contributed by atoms with Gasteiger partial charge < -0.3 is 25.3 Å². The highest BCUT2D eigenvalue weighted by atomic mass is 127. The molecular weight excluding hydrogens is 491 g/mol. The first-order chi connectivity index (χ1) is 13.3. The van der Waals surface area contributed by atoms with Gasteiger partial charge in [-0.05, 0) is 24.3 Å². The summed E-state index contributed by atoms with van der Waals surface area (Å²) in [5.74, 6) is 4.26. The van der Waals surface area contributed by atoms with Crippen molar-refractivity contribution in [1.82, 2.24) is 4.90 Å². The van der Waals surface area contributed by atoms with Crippen LogP contribution in [0.1, 0.15) is 12.8 Å². The average molecular weight is 520 g/mol. The van der Waals surface area contributed by atoms with Crippen molar-refractivity contribution in [2.75, 3.05) is 62.9 Å². The van der Waals surface area contributed by atoms with E-state index in [0.29, 0.717) is 25.7 Å². The molecule has 156 valence electrons. The van der Waals surface area contributed by atoms with Crippen LogP contribution >= 0.6 is 35.7 Å². The number of thioether (sulfide) groups is 1. The lowest BCUT2D eigenvalue weighted by Gasteiger charge is -2.42. The Balaban J connectivity index is 0.00000225. The monoisotopic (exact) mass is 520 g/mol. The van der Waals surface area contributed by atoms with Gasteiger partial charge in [-0.25, -0.2) is 0 Å². The van der Waals surface area contributed by atoms with Crippen LogP contribution in [0.4, 0.5) is 5.69 Å². The summed E-state index contributed by atoms with van der Waals surface area (Å²) in [7, 11) is 0. The van der Waals surface area contributed by atoms with Crippen molar-refractivity contribution in [3.8, 4) is 11.5 Å². The zero-order valence-corrected chi connectivity index (χ0v) is 19.2. The number of guanidine groups is 1. The first kappa shape index (κ1) is 21.8. The first-order valence-electron chi connectivity index (χ1n) is 9.62. The molecule has 3 aliphatic rings. The van der Waals surface area contributed by atoms with Gasteiger partial charge in [0, 0.05) is 37.0 Å². The standard InChI is InChI=1S/C19H28N4O3S.HI/c20-18(22-15-2-3-16-17(12-15)26-8-1-7-25-16)21-13-19(4-11-27-14-19)23-5-9-24-10-6-23;/h2-3,12H,1,4-11,13-14H2,(H3,20,21,22);1H. The van der Waals surface area contributed by atoms with Crippen LogP contribution in [-0.4, -0.2) is 74.0 Å². The number of ether oxygens (including phenoxy) is 3. The van der Waals surface area contributed by atoms with Crippen LogP contribution in [0.25, 0.3) is 0 Å². The number of nitrogens with zero attached hydrogens (tertiary/aromatic N) is 2. The Morgan fingerprint density at radius 3 is 2.71 bits per heavy atom. The lowest BCUT2D eigenvalue weighted by Crippen LogP contribution is -2.56. The second kappa shape index (κ2) is 10.2. The van der Waals surface area contributed by atoms with E-state index < -0.39 is 0 Å². The molecule has 1 atom stereocenters. The minimum atomic E-state index is 0. The maximum absolute atomic E-state index is 6.20. The van der Waals surface area contributed by atoms with Crippen LogP contribution in [0.2, 0.25) is 0 Å². The second-order valence-corrected chi connectivity index (χ2v) is 8.27. The predicted octanol–water partition coefficient (Wildman–Crippen LogP) is 2.40. The molecule has 2 saturated heterocycles. The smallest absolute Gasteiger partial charge is 0.193 e. The van der Waals surface area contributed by atoms with Crippen molar-refractivity contribution in [3.05, 3.63) is 18.2 Å². The molecule has 0 spiro atoms. The predicted molar refractivity (Wildman–Crippen MR) is 125 cm³/mol. The molecule has 9 heteroatoms. The fraction of sp³-hybridized carbons (Fsp3) is 0.632. The number of hydrogen-bond donors (Lipinski definition) is 2. The summed E-state index contributed by atoms with van der Waals surface area (Å²) in [5.41, 5.74) is 7.16. The van der Waals surface area contributed by atoms with Gasteiger partial charge in [0.1, 0.15) is 0 Å². The molecule has 3 N–H and O–H groups in total. The molecule has 4 rings (SSSR count). The summed E-state index contributed by atoms with van der Waals surface area (Å²) in [6.45, 7) is 5.63. The lowest BCUT2D eigenvalue weighted by molar-refractivity contribution is -0.0104. The van der Waals surface area contributed by atoms with Crippen LogP contribution in [0.5, 0.6) is 11.5 Å². The van der Waals surface area contributed by atoms with E-state index in [2.05, 4.69) is 10.2 Å². The number of morpholine rings is 1. The first-order valence-corrected chi connectivity index (χ1v) is 10.8. The minimum Gasteiger partial charge on any atom is -0.490 e. The highest BCUT2D eigenvalue weighted by Crippen LogP contribution is 2.35. The fourth-order valence-electron chi connectivity index (χ4n) is 3.77. The van der Waals surface area contributed by atoms with Gasteiger partial charge in [-0.1, -0.05) is 0 Å². The van der Waals surface area contributed by atoms with Crippen LogP contribution in [0.15, 0.2) is 23.2 Å². The zero-order valence-electron chi connectivity index (χ0n) is 16.0. The van der Waals surface area contributed by atoms with Gasteiger partial charge in [0.05, 0.1) is 38.5 Å². The van der Waals surface area contributed by atoms with E-state index in [1.807, 2.05) is 30.0 Å². The quantitative estimate of drug-likeness (QED) is 0.359. The average Bonchev–Trinajstić information content (AvgIpc) is 3.07. The van der Waals surface area contributed by atoms with Crippen LogP contribution in [0.3, 0.4) is 0 Å². The Morgan fingerprint density at radius 1 is 1.18 bits per heavy atom. The van der Waals surface area contributed by atoms with E-state index in [4.69, 9.17) is 24.9 Å². The number of halogens is 1. The van der Waals surface area contributed by atoms with Crippen LogP contribution < -0.4 is 20.5 Å². The molecule has 1 aromatic carbocycles. The molecule has 3 heterocycles. The molecule has 0 bridgehead atoms. The fourth-order valence-corrected chi connectivity index (χ4v) is 5.24. The van der Waals surface area contributed by atoms with E-state index in [-0.39, 0.29) is 29.5 Å². The van der Waals surface area contributed by atoms with Gasteiger partial charge in [-0.2, -0.15) is 11.8 Å². The topological polar surface area (TPSA) is 81.3 Å². The number of fused-ring (bicyclic) bond motifs is 1. The Kier molecular flexibility index (Phi) is 7.95. The van der Waals surface area contributed by atoms with E-state index >= 15 is 0 Å². The molecule has 0 aromatic heterocycles. The van der Waals surface area contributed by atoms with Gasteiger partial charge in [0.15, 0.2) is 17.5 Å². The van der Waals surface area contributed by atoms with E-state index in [0.717, 1.165) is 62.1 Å². The number of nitrogens with two attached hydrogens (primary N) is 1. The maximum atomic E-state index is 6.20. The number of anilines is 1. The molecule has 7 nitrogen and oxygen atoms in total. The summed E-state index contributed by atoms with van der Waals surface area (Å²) in [5, 5.41) is 3.20. The van der Waals surface area contributed by atoms with Crippen molar-refractivity contribution in [2.45, 2.75) is 18.4 Å². The van der Waals surface area contributed by atoms with Crippen molar-refractivity contribution < 1.29 is 14.2 Å². The third-order valence-corrected chi connectivity index (χ3v) is 6.56. The SMILES string of the molecule is I.NC(=NCC1(N2CCOCC2)CCSC1)Nc1ccc2c(c1)OCCCO2. The van der Waals surface area contributed by atoms with Gasteiger partial charge in [0.25, 0.3) is 0 Å². The van der Waals surface area contributed by atoms with E-state index in [9.17, 15) is 0 Å². The van der Waals surface area contributed by atoms with Gasteiger partial charge in [-0.3, -0.25) is 9.89 Å². The van der Waals surface area contributed by atoms with Crippen molar-refractivity contribution in [3.63, 3.8) is 0 Å². The minimum absolute atomic E-state index is 0. The highest BCUT2D eigenvalue weighted by Gasteiger charge is 2.40. The van der Waals surface area contributed by atoms with Crippen molar-refractivity contribution in [1.29, 1.82) is 0 Å². The van der Waals surface area contributed by atoms with Gasteiger partial charge in [0.2, 0.25) is 0 Å². The summed E-state index contributed by atoms with van der Waals surface area (Å²) < 4.78 is 16.9. The van der Waals surface area contributed by atoms with Crippen LogP contribution in [-0.2, 0) is 4.74 Å². The largest absolute Gasteiger partial charge is 0.490 e. The third-order valence-electron chi connectivity index (χ3n) is 5.33. The Bertz CT molecular complexity index is 679. The number of aliphatic imine (C=N–C) groups is 1. The summed E-state index contributed by atoms with van der Waals surface area (Å²) in [6, 6.07) is 5.78. The summed E-state index contributed by atoms with van der Waals surface area (Å²) >= 11 is 2.00. The maximum Gasteiger partial charge on any atom is 0.193 e. The van der Waals surface area contributed by atoms with Gasteiger partial charge >= 0.3 is 0 Å². The molecule has 0 amide bonds. The van der Waals surface area contributed by atoms with E-state index in [1.54, 1.807) is 0 Å². The Morgan fingerprint density at radius 2 is 1.96 bits per heavy atom. The number of rotatable bonds is 4. The summed E-state index contributed by atoms with van der Waals surface area (Å²) in [6.07, 6.45) is 2.04. The molecule has 0 aliphatic carbocycles. The Hall–Kier alpha value is -0.910. The van der Waals surface area contributed by atoms with E-state index in [1.165, 1.54) is 5.75 Å². The van der Waals surface area contributed by atoms with Crippen molar-refractivity contribution in [2.24, 2.45) is 10.7 Å². The van der Waals surface area contributed by atoms with Gasteiger partial charge in [-0.15, -0.1) is 24.0 Å². The second-order valence-electron chi connectivity index (χ2n) is 7.16. The molecule has 28 heavy (non-hydrogen) atoms. The molecular formula is C19H29IN4O3S. The molecule has 3 aliphatic heterocycles. The Labute approximate surface area is 187 Å². The normalized spacial score (nSPS) is 25.6. The molecule has 0 saturated carbocycles. The molecule has 1 unspecified atom stereocenters. The summed E-state index contributed by atoms with van der Waals surface area (Å²) in [4.78, 5) is 7.24.